The van der Waals surface area contributed by atoms with E-state index < -0.39 is 0 Å². The molecular weight excluding hydrogens is 314 g/mol. The highest BCUT2D eigenvalue weighted by molar-refractivity contribution is 9.09. The number of alkyl halides is 1. The van der Waals surface area contributed by atoms with Crippen LogP contribution in [0.4, 0.5) is 0 Å². The van der Waals surface area contributed by atoms with E-state index in [0.717, 1.165) is 42.3 Å². The minimum Gasteiger partial charge on any atom is -0.353 e. The third kappa shape index (κ3) is 3.08. The first kappa shape index (κ1) is 14.9. The van der Waals surface area contributed by atoms with Crippen LogP contribution < -0.4 is 5.32 Å². The average Bonchev–Trinajstić information content (AvgIpc) is 2.35. The highest BCUT2D eigenvalue weighted by atomic mass is 79.9. The molecule has 4 aliphatic rings. The Morgan fingerprint density at radius 3 is 2.20 bits per heavy atom. The molecule has 1 N–H and O–H groups in total. The normalized spacial score (nSPS) is 39.8. The smallest absolute Gasteiger partial charge is 0.220 e. The second-order valence-electron chi connectivity index (χ2n) is 7.74. The molecule has 1 unspecified atom stereocenters. The van der Waals surface area contributed by atoms with Gasteiger partial charge in [0, 0.05) is 17.8 Å². The molecule has 114 valence electrons. The summed E-state index contributed by atoms with van der Waals surface area (Å²) < 4.78 is 0. The molecular formula is C17H28BrNO. The zero-order valence-electron chi connectivity index (χ0n) is 12.7. The summed E-state index contributed by atoms with van der Waals surface area (Å²) in [4.78, 5) is 12.4. The standard InChI is InChI=1S/C17H28BrNO/c1-2-15(3-4-18)19-16(20)11-17-8-12-5-13(9-17)7-14(6-12)10-17/h12-15H,2-11H2,1H3,(H,19,20). The van der Waals surface area contributed by atoms with Crippen LogP contribution in [-0.2, 0) is 4.79 Å². The molecule has 2 nitrogen and oxygen atoms in total. The van der Waals surface area contributed by atoms with Crippen molar-refractivity contribution in [2.75, 3.05) is 5.33 Å². The van der Waals surface area contributed by atoms with Gasteiger partial charge in [0.05, 0.1) is 0 Å². The summed E-state index contributed by atoms with van der Waals surface area (Å²) in [5.74, 6) is 3.15. The van der Waals surface area contributed by atoms with Crippen LogP contribution in [0.2, 0.25) is 0 Å². The van der Waals surface area contributed by atoms with Gasteiger partial charge in [0.15, 0.2) is 0 Å². The fourth-order valence-electron chi connectivity index (χ4n) is 5.64. The van der Waals surface area contributed by atoms with Gasteiger partial charge in [-0.25, -0.2) is 0 Å². The Hall–Kier alpha value is -0.0500. The predicted molar refractivity (Wildman–Crippen MR) is 85.9 cm³/mol. The molecule has 0 heterocycles. The summed E-state index contributed by atoms with van der Waals surface area (Å²) in [7, 11) is 0. The molecule has 4 saturated carbocycles. The maximum atomic E-state index is 12.4. The number of nitrogens with one attached hydrogen (secondary N) is 1. The van der Waals surface area contributed by atoms with Crippen LogP contribution in [0.15, 0.2) is 0 Å². The van der Waals surface area contributed by atoms with Crippen LogP contribution in [0.5, 0.6) is 0 Å². The van der Waals surface area contributed by atoms with Crippen molar-refractivity contribution in [2.24, 2.45) is 23.2 Å². The first-order valence-electron chi connectivity index (χ1n) is 8.48. The van der Waals surface area contributed by atoms with Crippen molar-refractivity contribution in [1.82, 2.24) is 5.32 Å². The zero-order valence-corrected chi connectivity index (χ0v) is 14.3. The Bertz CT molecular complexity index is 333. The molecule has 4 rings (SSSR count). The van der Waals surface area contributed by atoms with Gasteiger partial charge in [-0.3, -0.25) is 4.79 Å². The molecule has 4 fully saturated rings. The Kier molecular flexibility index (Phi) is 4.45. The quantitative estimate of drug-likeness (QED) is 0.718. The molecule has 3 heteroatoms. The molecule has 0 aromatic carbocycles. The van der Waals surface area contributed by atoms with Crippen molar-refractivity contribution in [3.8, 4) is 0 Å². The van der Waals surface area contributed by atoms with Crippen LogP contribution in [0, 0.1) is 23.2 Å². The Morgan fingerprint density at radius 2 is 1.75 bits per heavy atom. The third-order valence-electron chi connectivity index (χ3n) is 6.02. The van der Waals surface area contributed by atoms with Crippen LogP contribution >= 0.6 is 15.9 Å². The number of amides is 1. The van der Waals surface area contributed by atoms with Gasteiger partial charge in [0.2, 0.25) is 5.91 Å². The van der Waals surface area contributed by atoms with Crippen molar-refractivity contribution in [2.45, 2.75) is 70.8 Å². The maximum absolute atomic E-state index is 12.4. The van der Waals surface area contributed by atoms with Gasteiger partial charge in [-0.1, -0.05) is 22.9 Å². The SMILES string of the molecule is CCC(CCBr)NC(=O)CC12CC3CC(CC(C3)C1)C2. The first-order chi connectivity index (χ1) is 9.62. The Balaban J connectivity index is 1.58. The molecule has 4 aliphatic carbocycles. The highest BCUT2D eigenvalue weighted by Gasteiger charge is 2.51. The van der Waals surface area contributed by atoms with E-state index in [-0.39, 0.29) is 0 Å². The molecule has 1 atom stereocenters. The lowest BCUT2D eigenvalue weighted by molar-refractivity contribution is -0.130. The minimum atomic E-state index is 0.319. The second kappa shape index (κ2) is 5.98. The molecule has 0 spiro atoms. The predicted octanol–water partition coefficient (Wildman–Crippen LogP) is 4.27. The molecule has 4 bridgehead atoms. The minimum absolute atomic E-state index is 0.319. The largest absolute Gasteiger partial charge is 0.353 e. The van der Waals surface area contributed by atoms with E-state index in [2.05, 4.69) is 28.2 Å². The van der Waals surface area contributed by atoms with E-state index >= 15 is 0 Å². The molecule has 0 radical (unpaired) electrons. The van der Waals surface area contributed by atoms with E-state index in [4.69, 9.17) is 0 Å². The fraction of sp³-hybridized carbons (Fsp3) is 0.941. The average molecular weight is 342 g/mol. The summed E-state index contributed by atoms with van der Waals surface area (Å²) in [5.41, 5.74) is 0.380. The fourth-order valence-corrected chi connectivity index (χ4v) is 6.19. The van der Waals surface area contributed by atoms with Crippen LogP contribution in [0.25, 0.3) is 0 Å². The van der Waals surface area contributed by atoms with Gasteiger partial charge in [-0.2, -0.15) is 0 Å². The lowest BCUT2D eigenvalue weighted by atomic mass is 9.49. The van der Waals surface area contributed by atoms with Gasteiger partial charge >= 0.3 is 0 Å². The molecule has 20 heavy (non-hydrogen) atoms. The number of rotatable bonds is 6. The Morgan fingerprint density at radius 1 is 1.20 bits per heavy atom. The number of hydrogen-bond donors (Lipinski definition) is 1. The van der Waals surface area contributed by atoms with Gasteiger partial charge < -0.3 is 5.32 Å². The maximum Gasteiger partial charge on any atom is 0.220 e. The molecule has 1 amide bonds. The van der Waals surface area contributed by atoms with Crippen LogP contribution in [-0.4, -0.2) is 17.3 Å². The second-order valence-corrected chi connectivity index (χ2v) is 8.54. The van der Waals surface area contributed by atoms with Crippen LogP contribution in [0.1, 0.15) is 64.7 Å². The number of halogens is 1. The molecule has 0 aromatic rings. The Labute approximate surface area is 131 Å². The van der Waals surface area contributed by atoms with Crippen molar-refractivity contribution in [3.05, 3.63) is 0 Å². The van der Waals surface area contributed by atoms with E-state index in [0.29, 0.717) is 17.4 Å². The van der Waals surface area contributed by atoms with Gasteiger partial charge in [0.25, 0.3) is 0 Å². The number of carbonyl (C=O) groups is 1. The van der Waals surface area contributed by atoms with Gasteiger partial charge in [-0.15, -0.1) is 0 Å². The lowest BCUT2D eigenvalue weighted by Crippen LogP contribution is -2.48. The topological polar surface area (TPSA) is 29.1 Å². The first-order valence-corrected chi connectivity index (χ1v) is 9.60. The summed E-state index contributed by atoms with van der Waals surface area (Å²) in [6.07, 6.45) is 11.3. The monoisotopic (exact) mass is 341 g/mol. The number of hydrogen-bond acceptors (Lipinski definition) is 1. The third-order valence-corrected chi connectivity index (χ3v) is 6.47. The molecule has 0 aromatic heterocycles. The summed E-state index contributed by atoms with van der Waals surface area (Å²) in [6.45, 7) is 2.17. The van der Waals surface area contributed by atoms with E-state index in [1.807, 2.05) is 0 Å². The zero-order chi connectivity index (χ0) is 14.2. The van der Waals surface area contributed by atoms with Gasteiger partial charge in [-0.05, 0) is 74.5 Å². The van der Waals surface area contributed by atoms with Gasteiger partial charge in [0.1, 0.15) is 0 Å². The van der Waals surface area contributed by atoms with E-state index in [1.165, 1.54) is 38.5 Å². The summed E-state index contributed by atoms with van der Waals surface area (Å²) >= 11 is 3.48. The van der Waals surface area contributed by atoms with Crippen molar-refractivity contribution >= 4 is 21.8 Å². The molecule has 0 saturated heterocycles. The van der Waals surface area contributed by atoms with E-state index in [1.54, 1.807) is 0 Å². The van der Waals surface area contributed by atoms with Crippen molar-refractivity contribution in [1.29, 1.82) is 0 Å². The highest BCUT2D eigenvalue weighted by Crippen LogP contribution is 2.61. The molecule has 0 aliphatic heterocycles. The summed E-state index contributed by atoms with van der Waals surface area (Å²) in [5, 5.41) is 4.25. The van der Waals surface area contributed by atoms with Crippen molar-refractivity contribution in [3.63, 3.8) is 0 Å². The lowest BCUT2D eigenvalue weighted by Gasteiger charge is -2.56. The number of carbonyl (C=O) groups excluding carboxylic acids is 1. The van der Waals surface area contributed by atoms with Crippen LogP contribution in [0.3, 0.4) is 0 Å². The van der Waals surface area contributed by atoms with Crippen molar-refractivity contribution < 1.29 is 4.79 Å². The van der Waals surface area contributed by atoms with E-state index in [9.17, 15) is 4.79 Å². The summed E-state index contributed by atoms with van der Waals surface area (Å²) in [6, 6.07) is 0.357.